The highest BCUT2D eigenvalue weighted by molar-refractivity contribution is 7.16. The van der Waals surface area contributed by atoms with E-state index in [0.29, 0.717) is 16.5 Å². The molecule has 4 rings (SSSR count). The molecule has 0 fully saturated rings. The number of carbonyl (C=O) groups is 2. The summed E-state index contributed by atoms with van der Waals surface area (Å²) in [5.41, 5.74) is 3.38. The van der Waals surface area contributed by atoms with Gasteiger partial charge < -0.3 is 15.3 Å². The van der Waals surface area contributed by atoms with Crippen molar-refractivity contribution in [2.75, 3.05) is 23.3 Å². The lowest BCUT2D eigenvalue weighted by Crippen LogP contribution is -2.30. The summed E-state index contributed by atoms with van der Waals surface area (Å²) in [6.45, 7) is 6.68. The van der Waals surface area contributed by atoms with E-state index in [1.54, 1.807) is 24.3 Å². The third-order valence-electron chi connectivity index (χ3n) is 6.23. The van der Waals surface area contributed by atoms with Crippen molar-refractivity contribution in [2.24, 2.45) is 5.92 Å². The van der Waals surface area contributed by atoms with Crippen LogP contribution < -0.4 is 10.2 Å². The molecule has 186 valence electrons. The zero-order valence-corrected chi connectivity index (χ0v) is 21.4. The molecule has 3 N–H and O–H groups in total. The summed E-state index contributed by atoms with van der Waals surface area (Å²) in [7, 11) is 0. The Labute approximate surface area is 215 Å². The van der Waals surface area contributed by atoms with E-state index < -0.39 is 17.6 Å². The Morgan fingerprint density at radius 2 is 1.92 bits per heavy atom. The highest BCUT2D eigenvalue weighted by Crippen LogP contribution is 2.35. The van der Waals surface area contributed by atoms with E-state index in [1.807, 2.05) is 18.2 Å². The van der Waals surface area contributed by atoms with E-state index in [2.05, 4.69) is 42.3 Å². The van der Waals surface area contributed by atoms with E-state index in [4.69, 9.17) is 5.41 Å². The molecule has 0 atom stereocenters. The van der Waals surface area contributed by atoms with Crippen LogP contribution in [-0.2, 0) is 16.0 Å². The van der Waals surface area contributed by atoms with Gasteiger partial charge in [-0.1, -0.05) is 38.1 Å². The molecule has 2 aromatic carbocycles. The molecule has 6 nitrogen and oxygen atoms in total. The quantitative estimate of drug-likeness (QED) is 0.236. The first-order chi connectivity index (χ1) is 17.3. The van der Waals surface area contributed by atoms with Crippen LogP contribution in [0.2, 0.25) is 0 Å². The van der Waals surface area contributed by atoms with Crippen LogP contribution in [0, 0.1) is 11.3 Å². The van der Waals surface area contributed by atoms with Crippen LogP contribution in [0.15, 0.2) is 66.2 Å². The van der Waals surface area contributed by atoms with E-state index in [0.717, 1.165) is 36.4 Å². The molecule has 0 saturated carbocycles. The first-order valence-electron chi connectivity index (χ1n) is 12.2. The molecule has 1 amide bonds. The maximum Gasteiger partial charge on any atom is 0.354 e. The number of nitrogens with zero attached hydrogens (tertiary/aromatic N) is 1. The number of carboxylic acid groups (broad SMARTS) is 1. The van der Waals surface area contributed by atoms with Gasteiger partial charge in [-0.15, -0.1) is 11.3 Å². The van der Waals surface area contributed by atoms with Gasteiger partial charge in [0.15, 0.2) is 5.71 Å². The molecule has 36 heavy (non-hydrogen) atoms. The zero-order valence-electron chi connectivity index (χ0n) is 20.6. The second-order valence-corrected chi connectivity index (χ2v) is 10.5. The van der Waals surface area contributed by atoms with Crippen molar-refractivity contribution >= 4 is 46.4 Å². The molecule has 1 aliphatic heterocycles. The molecule has 0 saturated heterocycles. The fraction of sp³-hybridized carbons (Fsp3) is 0.276. The Bertz CT molecular complexity index is 1290. The minimum absolute atomic E-state index is 0.189. The number of hydrogen-bond acceptors (Lipinski definition) is 5. The maximum absolute atomic E-state index is 12.8. The molecule has 1 aromatic heterocycles. The summed E-state index contributed by atoms with van der Waals surface area (Å²) >= 11 is 1.47. The standard InChI is InChI=1S/C29H31N3O3S/c1-19(2)14-16-32-15-6-7-20-17-21(10-12-25(20)32)26-13-11-23(36-26)18-24(27(30)29(34)35)28(33)31-22-8-4-3-5-9-22/h3-5,8-13,17-19,30H,6-7,14-16H2,1-2H3,(H,31,33)(H,34,35)/b24-18-,30-27?. The maximum atomic E-state index is 12.8. The first-order valence-corrected chi connectivity index (χ1v) is 13.0. The average Bonchev–Trinajstić information content (AvgIpc) is 3.34. The largest absolute Gasteiger partial charge is 0.477 e. The first kappa shape index (κ1) is 25.4. The van der Waals surface area contributed by atoms with Crippen LogP contribution in [0.25, 0.3) is 16.5 Å². The third-order valence-corrected chi connectivity index (χ3v) is 7.31. The van der Waals surface area contributed by atoms with Gasteiger partial charge in [0, 0.05) is 34.2 Å². The van der Waals surface area contributed by atoms with Crippen LogP contribution in [0.5, 0.6) is 0 Å². The number of fused-ring (bicyclic) bond motifs is 1. The SMILES string of the molecule is CC(C)CCN1CCCc2cc(-c3ccc(/C=C(/C(=N)C(=O)O)C(=O)Nc4ccccc4)s3)ccc21. The molecule has 1 aliphatic rings. The summed E-state index contributed by atoms with van der Waals surface area (Å²) in [4.78, 5) is 28.6. The summed E-state index contributed by atoms with van der Waals surface area (Å²) in [6.07, 6.45) is 4.85. The van der Waals surface area contributed by atoms with Crippen molar-refractivity contribution in [3.63, 3.8) is 0 Å². The number of carboxylic acids is 1. The van der Waals surface area contributed by atoms with E-state index in [1.165, 1.54) is 35.1 Å². The number of rotatable bonds is 9. The van der Waals surface area contributed by atoms with Crippen LogP contribution in [0.4, 0.5) is 11.4 Å². The molecule has 0 bridgehead atoms. The van der Waals surface area contributed by atoms with Crippen molar-refractivity contribution in [1.82, 2.24) is 0 Å². The van der Waals surface area contributed by atoms with Crippen LogP contribution in [-0.4, -0.2) is 35.8 Å². The van der Waals surface area contributed by atoms with Crippen LogP contribution >= 0.6 is 11.3 Å². The van der Waals surface area contributed by atoms with E-state index in [9.17, 15) is 14.7 Å². The molecular weight excluding hydrogens is 470 g/mol. The summed E-state index contributed by atoms with van der Waals surface area (Å²) < 4.78 is 0. The molecule has 0 unspecified atom stereocenters. The molecule has 7 heteroatoms. The minimum atomic E-state index is -1.45. The third kappa shape index (κ3) is 6.10. The van der Waals surface area contributed by atoms with Gasteiger partial charge in [-0.2, -0.15) is 0 Å². The summed E-state index contributed by atoms with van der Waals surface area (Å²) in [5, 5.41) is 20.0. The van der Waals surface area contributed by atoms with E-state index >= 15 is 0 Å². The smallest absolute Gasteiger partial charge is 0.354 e. The highest BCUT2D eigenvalue weighted by Gasteiger charge is 2.22. The van der Waals surface area contributed by atoms with Crippen molar-refractivity contribution < 1.29 is 14.7 Å². The predicted molar refractivity (Wildman–Crippen MR) is 148 cm³/mol. The second-order valence-electron chi connectivity index (χ2n) is 9.38. The van der Waals surface area contributed by atoms with Crippen LogP contribution in [0.3, 0.4) is 0 Å². The fourth-order valence-electron chi connectivity index (χ4n) is 4.29. The number of para-hydroxylation sites is 1. The van der Waals surface area contributed by atoms with Gasteiger partial charge in [0.05, 0.1) is 5.57 Å². The number of benzene rings is 2. The number of thiophene rings is 1. The minimum Gasteiger partial charge on any atom is -0.477 e. The lowest BCUT2D eigenvalue weighted by Gasteiger charge is -2.32. The van der Waals surface area contributed by atoms with Crippen molar-refractivity contribution in [3.05, 3.63) is 76.7 Å². The lowest BCUT2D eigenvalue weighted by atomic mass is 9.98. The summed E-state index contributed by atoms with van der Waals surface area (Å²) in [5.74, 6) is -1.40. The molecular formula is C29H31N3O3S. The summed E-state index contributed by atoms with van der Waals surface area (Å²) in [6, 6.07) is 19.2. The van der Waals surface area contributed by atoms with E-state index in [-0.39, 0.29) is 5.57 Å². The Hall–Kier alpha value is -3.71. The normalized spacial score (nSPS) is 13.4. The molecule has 2 heterocycles. The number of hydrogen-bond donors (Lipinski definition) is 3. The topological polar surface area (TPSA) is 93.5 Å². The number of carbonyl (C=O) groups excluding carboxylic acids is 1. The Morgan fingerprint density at radius 1 is 1.14 bits per heavy atom. The number of amides is 1. The van der Waals surface area contributed by atoms with Gasteiger partial charge in [0.1, 0.15) is 0 Å². The number of anilines is 2. The highest BCUT2D eigenvalue weighted by atomic mass is 32.1. The van der Waals surface area contributed by atoms with Gasteiger partial charge in [-0.25, -0.2) is 4.79 Å². The molecule has 0 spiro atoms. The average molecular weight is 502 g/mol. The van der Waals surface area contributed by atoms with Gasteiger partial charge in [0.2, 0.25) is 0 Å². The van der Waals surface area contributed by atoms with Gasteiger partial charge in [-0.05, 0) is 78.8 Å². The lowest BCUT2D eigenvalue weighted by molar-refractivity contribution is -0.129. The Kier molecular flexibility index (Phi) is 8.00. The number of aryl methyl sites for hydroxylation is 1. The van der Waals surface area contributed by atoms with Crippen molar-refractivity contribution in [1.29, 1.82) is 5.41 Å². The van der Waals surface area contributed by atoms with Gasteiger partial charge in [0.25, 0.3) is 5.91 Å². The Morgan fingerprint density at radius 3 is 2.64 bits per heavy atom. The van der Waals surface area contributed by atoms with Gasteiger partial charge >= 0.3 is 5.97 Å². The second kappa shape index (κ2) is 11.4. The van der Waals surface area contributed by atoms with Crippen molar-refractivity contribution in [3.8, 4) is 10.4 Å². The Balaban J connectivity index is 1.58. The molecule has 3 aromatic rings. The number of nitrogens with one attached hydrogen (secondary N) is 2. The predicted octanol–water partition coefficient (Wildman–Crippen LogP) is 6.34. The van der Waals surface area contributed by atoms with Gasteiger partial charge in [-0.3, -0.25) is 10.2 Å². The fourth-order valence-corrected chi connectivity index (χ4v) is 5.24. The van der Waals surface area contributed by atoms with Crippen molar-refractivity contribution in [2.45, 2.75) is 33.1 Å². The molecule has 0 aliphatic carbocycles. The monoisotopic (exact) mass is 501 g/mol. The molecule has 0 radical (unpaired) electrons. The van der Waals surface area contributed by atoms with Crippen LogP contribution in [0.1, 0.15) is 37.1 Å². The number of aliphatic carboxylic acids is 1. The zero-order chi connectivity index (χ0) is 25.7.